The molecule has 0 aliphatic carbocycles. The molecule has 0 N–H and O–H groups in total. The number of fused-ring (bicyclic) bond motifs is 6. The number of furan rings is 2. The number of anilines is 6. The quantitative estimate of drug-likeness (QED) is 0.143. The lowest BCUT2D eigenvalue weighted by molar-refractivity contribution is 0.668. The highest BCUT2D eigenvalue weighted by Gasteiger charge is 2.26. The Bertz CT molecular complexity index is 3410. The van der Waals surface area contributed by atoms with Gasteiger partial charge < -0.3 is 18.6 Å². The third-order valence-electron chi connectivity index (χ3n) is 12.9. The highest BCUT2D eigenvalue weighted by molar-refractivity contribution is 6.29. The summed E-state index contributed by atoms with van der Waals surface area (Å²) in [6, 6.07) is 65.9. The molecule has 0 spiro atoms. The maximum absolute atomic E-state index is 6.50. The maximum atomic E-state index is 6.50. The topological polar surface area (TPSA) is 32.8 Å². The Morgan fingerprint density at radius 1 is 0.306 bits per heavy atom. The van der Waals surface area contributed by atoms with Crippen LogP contribution in [0.15, 0.2) is 191 Å². The Kier molecular flexibility index (Phi) is 8.20. The first kappa shape index (κ1) is 36.3. The largest absolute Gasteiger partial charge is 0.456 e. The second-order valence-electron chi connectivity index (χ2n) is 17.2. The molecule has 10 aromatic carbocycles. The van der Waals surface area contributed by atoms with Crippen molar-refractivity contribution < 1.29 is 8.83 Å². The lowest BCUT2D eigenvalue weighted by atomic mass is 9.84. The lowest BCUT2D eigenvalue weighted by Crippen LogP contribution is -2.13. The molecule has 0 aliphatic rings. The summed E-state index contributed by atoms with van der Waals surface area (Å²) in [5.74, 6) is 0.545. The Hall–Kier alpha value is -7.56. The summed E-state index contributed by atoms with van der Waals surface area (Å²) in [5, 5.41) is 12.1. The zero-order chi connectivity index (χ0) is 41.6. The molecule has 62 heavy (non-hydrogen) atoms. The number of benzene rings is 10. The fourth-order valence-corrected chi connectivity index (χ4v) is 10.1. The van der Waals surface area contributed by atoms with Gasteiger partial charge in [0.1, 0.15) is 22.3 Å². The number of para-hydroxylation sites is 4. The van der Waals surface area contributed by atoms with Crippen LogP contribution < -0.4 is 9.80 Å². The molecule has 0 atom stereocenters. The number of hydrogen-bond donors (Lipinski definition) is 0. The van der Waals surface area contributed by atoms with Crippen LogP contribution >= 0.6 is 0 Å². The van der Waals surface area contributed by atoms with Crippen molar-refractivity contribution in [3.05, 3.63) is 193 Å². The summed E-state index contributed by atoms with van der Waals surface area (Å²) in [5.41, 5.74) is 12.7. The summed E-state index contributed by atoms with van der Waals surface area (Å²) in [7, 11) is 0. The van der Waals surface area contributed by atoms with E-state index in [0.29, 0.717) is 0 Å². The van der Waals surface area contributed by atoms with E-state index >= 15 is 0 Å². The van der Waals surface area contributed by atoms with E-state index in [-0.39, 0.29) is 11.8 Å². The van der Waals surface area contributed by atoms with Crippen molar-refractivity contribution in [2.24, 2.45) is 0 Å². The fourth-order valence-electron chi connectivity index (χ4n) is 10.1. The van der Waals surface area contributed by atoms with Gasteiger partial charge >= 0.3 is 0 Å². The fraction of sp³-hybridized carbons (Fsp3) is 0.103. The van der Waals surface area contributed by atoms with Gasteiger partial charge in [0.15, 0.2) is 0 Å². The van der Waals surface area contributed by atoms with Crippen LogP contribution in [0.3, 0.4) is 0 Å². The van der Waals surface area contributed by atoms with E-state index in [1.54, 1.807) is 0 Å². The van der Waals surface area contributed by atoms with E-state index in [2.05, 4.69) is 207 Å². The van der Waals surface area contributed by atoms with Crippen LogP contribution in [-0.2, 0) is 0 Å². The van der Waals surface area contributed by atoms with Crippen molar-refractivity contribution in [2.45, 2.75) is 39.5 Å². The number of rotatable bonds is 8. The minimum Gasteiger partial charge on any atom is -0.456 e. The average molecular weight is 801 g/mol. The summed E-state index contributed by atoms with van der Waals surface area (Å²) in [6.07, 6.45) is 0. The molecule has 0 bridgehead atoms. The maximum Gasteiger partial charge on any atom is 0.137 e. The molecule has 2 aromatic heterocycles. The molecule has 0 saturated heterocycles. The molecule has 298 valence electrons. The highest BCUT2D eigenvalue weighted by Crippen LogP contribution is 2.51. The minimum atomic E-state index is 0.272. The van der Waals surface area contributed by atoms with E-state index < -0.39 is 0 Å². The predicted octanol–water partition coefficient (Wildman–Crippen LogP) is 17.6. The summed E-state index contributed by atoms with van der Waals surface area (Å²) in [4.78, 5) is 4.85. The van der Waals surface area contributed by atoms with Crippen LogP contribution in [0.5, 0.6) is 0 Å². The smallest absolute Gasteiger partial charge is 0.137 e. The molecular formula is C58H44N2O2. The second kappa shape index (κ2) is 14.0. The van der Waals surface area contributed by atoms with Crippen molar-refractivity contribution in [3.8, 4) is 0 Å². The summed E-state index contributed by atoms with van der Waals surface area (Å²) in [6.45, 7) is 9.28. The van der Waals surface area contributed by atoms with Gasteiger partial charge in [-0.05, 0) is 117 Å². The Morgan fingerprint density at radius 3 is 1.08 bits per heavy atom. The molecule has 12 rings (SSSR count). The van der Waals surface area contributed by atoms with Gasteiger partial charge in [-0.15, -0.1) is 0 Å². The van der Waals surface area contributed by atoms with Crippen LogP contribution in [0.4, 0.5) is 34.1 Å². The lowest BCUT2D eigenvalue weighted by Gasteiger charge is -2.31. The van der Waals surface area contributed by atoms with Gasteiger partial charge in [0.05, 0.1) is 11.4 Å². The van der Waals surface area contributed by atoms with Crippen molar-refractivity contribution in [1.29, 1.82) is 0 Å². The van der Waals surface area contributed by atoms with Gasteiger partial charge in [0.25, 0.3) is 0 Å². The first-order valence-corrected chi connectivity index (χ1v) is 21.7. The normalized spacial score (nSPS) is 12.2. The van der Waals surface area contributed by atoms with Gasteiger partial charge in [-0.25, -0.2) is 0 Å². The number of nitrogens with zero attached hydrogens (tertiary/aromatic N) is 2. The standard InChI is InChI=1S/C58H44N2O2/c1-35(2)49-33-51(59(37-15-7-5-8-16-37)39-23-25-43-41-19-11-13-21-53(41)61-55(43)31-39)47-30-28-46-50(36(3)4)34-52(48-29-27-45(49)57(47)58(46)48)60(38-17-9-6-10-18-38)40-24-26-44-42-20-12-14-22-54(42)62-56(44)32-40/h5-36H,1-4H3. The van der Waals surface area contributed by atoms with Crippen molar-refractivity contribution in [2.75, 3.05) is 9.80 Å². The Balaban J connectivity index is 1.16. The monoisotopic (exact) mass is 800 g/mol. The molecule has 0 radical (unpaired) electrons. The molecule has 0 saturated carbocycles. The van der Waals surface area contributed by atoms with Crippen LogP contribution in [0.1, 0.15) is 50.7 Å². The second-order valence-corrected chi connectivity index (χ2v) is 17.2. The van der Waals surface area contributed by atoms with Crippen LogP contribution in [0.25, 0.3) is 76.2 Å². The third-order valence-corrected chi connectivity index (χ3v) is 12.9. The van der Waals surface area contributed by atoms with Crippen LogP contribution in [-0.4, -0.2) is 0 Å². The van der Waals surface area contributed by atoms with Gasteiger partial charge in [-0.3, -0.25) is 0 Å². The SMILES string of the molecule is CC(C)c1cc(N(c2ccccc2)c2ccc3c(c2)oc2ccccc23)c2ccc3c(C(C)C)cc(N(c4ccccc4)c4ccc5c(c4)oc4ccccc45)c4ccc1c2c34. The van der Waals surface area contributed by atoms with Crippen molar-refractivity contribution >= 4 is 110 Å². The van der Waals surface area contributed by atoms with E-state index in [1.807, 2.05) is 12.1 Å². The Morgan fingerprint density at radius 2 is 0.661 bits per heavy atom. The van der Waals surface area contributed by atoms with E-state index in [9.17, 15) is 0 Å². The first-order chi connectivity index (χ1) is 30.4. The van der Waals surface area contributed by atoms with Crippen LogP contribution in [0, 0.1) is 0 Å². The van der Waals surface area contributed by atoms with E-state index in [1.165, 1.54) is 43.4 Å². The molecule has 4 heteroatoms. The third kappa shape index (κ3) is 5.53. The van der Waals surface area contributed by atoms with Gasteiger partial charge in [-0.2, -0.15) is 0 Å². The summed E-state index contributed by atoms with van der Waals surface area (Å²) >= 11 is 0. The molecule has 0 unspecified atom stereocenters. The zero-order valence-electron chi connectivity index (χ0n) is 35.2. The molecule has 0 fully saturated rings. The molecule has 2 heterocycles. The molecule has 4 nitrogen and oxygen atoms in total. The van der Waals surface area contributed by atoms with Gasteiger partial charge in [-0.1, -0.05) is 125 Å². The Labute approximate surface area is 360 Å². The van der Waals surface area contributed by atoms with Crippen molar-refractivity contribution in [1.82, 2.24) is 0 Å². The van der Waals surface area contributed by atoms with Crippen LogP contribution in [0.2, 0.25) is 0 Å². The van der Waals surface area contributed by atoms with Gasteiger partial charge in [0, 0.05) is 67.2 Å². The van der Waals surface area contributed by atoms with Gasteiger partial charge in [0.2, 0.25) is 0 Å². The van der Waals surface area contributed by atoms with Crippen molar-refractivity contribution in [3.63, 3.8) is 0 Å². The predicted molar refractivity (Wildman–Crippen MR) is 262 cm³/mol. The van der Waals surface area contributed by atoms with E-state index in [4.69, 9.17) is 8.83 Å². The molecule has 0 amide bonds. The minimum absolute atomic E-state index is 0.272. The zero-order valence-corrected chi connectivity index (χ0v) is 35.2. The molecule has 12 aromatic rings. The molecule has 0 aliphatic heterocycles. The average Bonchev–Trinajstić information content (AvgIpc) is 3.87. The summed E-state index contributed by atoms with van der Waals surface area (Å²) < 4.78 is 13.0. The number of hydrogen-bond acceptors (Lipinski definition) is 4. The first-order valence-electron chi connectivity index (χ1n) is 21.7. The van der Waals surface area contributed by atoms with E-state index in [0.717, 1.165) is 78.0 Å². The molecular weight excluding hydrogens is 757 g/mol. The highest BCUT2D eigenvalue weighted by atomic mass is 16.3.